The van der Waals surface area contributed by atoms with Crippen LogP contribution in [0.5, 0.6) is 5.75 Å². The van der Waals surface area contributed by atoms with E-state index in [0.717, 1.165) is 17.5 Å². The minimum Gasteiger partial charge on any atom is -0.494 e. The molecule has 2 N–H and O–H groups in total. The average molecular weight is 239 g/mol. The Kier molecular flexibility index (Phi) is 3.28. The average Bonchev–Trinajstić information content (AvgIpc) is 2.28. The summed E-state index contributed by atoms with van der Waals surface area (Å²) in [6, 6.07) is 2.70. The lowest BCUT2D eigenvalue weighted by Crippen LogP contribution is -2.31. The number of carboxylic acid groups (broad SMARTS) is 1. The summed E-state index contributed by atoms with van der Waals surface area (Å²) in [5.74, 6) is -1.14. The number of methoxy groups -OCH3 is 1. The standard InChI is InChI=1S/C12H14FNO3/c1-17-11-4-7-2-3-14-10(6-12(15)16)8(7)5-9(11)13/h4-5,10,14H,2-3,6H2,1H3,(H,15,16). The number of hydrogen-bond donors (Lipinski definition) is 2. The fourth-order valence-electron chi connectivity index (χ4n) is 2.16. The van der Waals surface area contributed by atoms with Crippen molar-refractivity contribution in [3.05, 3.63) is 29.1 Å². The van der Waals surface area contributed by atoms with Crippen LogP contribution in [0, 0.1) is 5.82 Å². The zero-order valence-electron chi connectivity index (χ0n) is 9.50. The number of carboxylic acids is 1. The number of hydrogen-bond acceptors (Lipinski definition) is 3. The summed E-state index contributed by atoms with van der Waals surface area (Å²) in [5.41, 5.74) is 1.67. The molecule has 0 aromatic heterocycles. The minimum absolute atomic E-state index is 0.0429. The predicted molar refractivity (Wildman–Crippen MR) is 59.7 cm³/mol. The Morgan fingerprint density at radius 2 is 2.41 bits per heavy atom. The second-order valence-electron chi connectivity index (χ2n) is 4.04. The van der Waals surface area contributed by atoms with Gasteiger partial charge >= 0.3 is 5.97 Å². The van der Waals surface area contributed by atoms with Gasteiger partial charge in [-0.15, -0.1) is 0 Å². The first-order chi connectivity index (χ1) is 8.11. The Bertz CT molecular complexity index is 448. The van der Waals surface area contributed by atoms with Crippen molar-refractivity contribution in [1.82, 2.24) is 5.32 Å². The molecule has 4 nitrogen and oxygen atoms in total. The molecule has 1 aliphatic heterocycles. The van der Waals surface area contributed by atoms with Crippen molar-refractivity contribution in [1.29, 1.82) is 0 Å². The van der Waals surface area contributed by atoms with Gasteiger partial charge in [0, 0.05) is 6.04 Å². The van der Waals surface area contributed by atoms with Crippen LogP contribution in [0.3, 0.4) is 0 Å². The lowest BCUT2D eigenvalue weighted by Gasteiger charge is -2.26. The van der Waals surface area contributed by atoms with Gasteiger partial charge in [-0.2, -0.15) is 0 Å². The third-order valence-electron chi connectivity index (χ3n) is 2.95. The van der Waals surface area contributed by atoms with E-state index in [4.69, 9.17) is 9.84 Å². The first kappa shape index (κ1) is 11.9. The molecule has 1 aromatic carbocycles. The highest BCUT2D eigenvalue weighted by atomic mass is 19.1. The normalized spacial score (nSPS) is 18.6. The maximum absolute atomic E-state index is 13.6. The van der Waals surface area contributed by atoms with Crippen molar-refractivity contribution >= 4 is 5.97 Å². The summed E-state index contributed by atoms with van der Waals surface area (Å²) >= 11 is 0. The van der Waals surface area contributed by atoms with Gasteiger partial charge in [0.25, 0.3) is 0 Å². The molecule has 0 aliphatic carbocycles. The van der Waals surface area contributed by atoms with Crippen LogP contribution in [0.2, 0.25) is 0 Å². The van der Waals surface area contributed by atoms with Crippen molar-refractivity contribution in [3.63, 3.8) is 0 Å². The summed E-state index contributed by atoms with van der Waals surface area (Å²) in [5, 5.41) is 11.9. The Hall–Kier alpha value is -1.62. The molecule has 0 spiro atoms. The van der Waals surface area contributed by atoms with E-state index >= 15 is 0 Å². The molecule has 1 heterocycles. The lowest BCUT2D eigenvalue weighted by molar-refractivity contribution is -0.137. The smallest absolute Gasteiger partial charge is 0.305 e. The van der Waals surface area contributed by atoms with Crippen LogP contribution in [-0.4, -0.2) is 24.7 Å². The monoisotopic (exact) mass is 239 g/mol. The fourth-order valence-corrected chi connectivity index (χ4v) is 2.16. The van der Waals surface area contributed by atoms with Crippen LogP contribution in [-0.2, 0) is 11.2 Å². The van der Waals surface area contributed by atoms with Crippen LogP contribution in [0.15, 0.2) is 12.1 Å². The van der Waals surface area contributed by atoms with Crippen molar-refractivity contribution < 1.29 is 19.0 Å². The third-order valence-corrected chi connectivity index (χ3v) is 2.95. The molecule has 1 atom stereocenters. The highest BCUT2D eigenvalue weighted by Gasteiger charge is 2.24. The van der Waals surface area contributed by atoms with Crippen molar-refractivity contribution in [2.75, 3.05) is 13.7 Å². The summed E-state index contributed by atoms with van der Waals surface area (Å²) < 4.78 is 18.5. The molecule has 0 amide bonds. The molecular formula is C12H14FNO3. The first-order valence-electron chi connectivity index (χ1n) is 5.43. The Morgan fingerprint density at radius 1 is 1.65 bits per heavy atom. The molecule has 1 unspecified atom stereocenters. The van der Waals surface area contributed by atoms with Crippen molar-refractivity contribution in [3.8, 4) is 5.75 Å². The summed E-state index contributed by atoms with van der Waals surface area (Å²) in [7, 11) is 1.42. The van der Waals surface area contributed by atoms with Gasteiger partial charge < -0.3 is 15.2 Å². The molecule has 1 aromatic rings. The van der Waals surface area contributed by atoms with E-state index in [-0.39, 0.29) is 18.2 Å². The number of fused-ring (bicyclic) bond motifs is 1. The predicted octanol–water partition coefficient (Wildman–Crippen LogP) is 1.50. The third kappa shape index (κ3) is 2.39. The van der Waals surface area contributed by atoms with Gasteiger partial charge in [-0.3, -0.25) is 4.79 Å². The molecule has 0 saturated heterocycles. The molecule has 5 heteroatoms. The lowest BCUT2D eigenvalue weighted by atomic mass is 9.92. The van der Waals surface area contributed by atoms with E-state index in [1.165, 1.54) is 13.2 Å². The molecule has 0 fully saturated rings. The fraction of sp³-hybridized carbons (Fsp3) is 0.417. The van der Waals surface area contributed by atoms with Crippen LogP contribution in [0.25, 0.3) is 0 Å². The Balaban J connectivity index is 2.37. The molecule has 17 heavy (non-hydrogen) atoms. The number of benzene rings is 1. The van der Waals surface area contributed by atoms with Crippen LogP contribution < -0.4 is 10.1 Å². The number of carbonyl (C=O) groups is 1. The van der Waals surface area contributed by atoms with E-state index < -0.39 is 11.8 Å². The molecule has 0 bridgehead atoms. The second-order valence-corrected chi connectivity index (χ2v) is 4.04. The quantitative estimate of drug-likeness (QED) is 0.839. The highest BCUT2D eigenvalue weighted by molar-refractivity contribution is 5.68. The zero-order valence-corrected chi connectivity index (χ0v) is 9.50. The van der Waals surface area contributed by atoms with Crippen LogP contribution in [0.1, 0.15) is 23.6 Å². The van der Waals surface area contributed by atoms with E-state index in [1.807, 2.05) is 0 Å². The summed E-state index contributed by atoms with van der Waals surface area (Å²) in [4.78, 5) is 10.7. The van der Waals surface area contributed by atoms with E-state index in [2.05, 4.69) is 5.32 Å². The van der Waals surface area contributed by atoms with E-state index in [1.54, 1.807) is 6.07 Å². The number of halogens is 1. The number of ether oxygens (including phenoxy) is 1. The largest absolute Gasteiger partial charge is 0.494 e. The topological polar surface area (TPSA) is 58.6 Å². The van der Waals surface area contributed by atoms with Gasteiger partial charge in [0.2, 0.25) is 0 Å². The van der Waals surface area contributed by atoms with Gasteiger partial charge in [0.05, 0.1) is 13.5 Å². The van der Waals surface area contributed by atoms with Crippen molar-refractivity contribution in [2.24, 2.45) is 0 Å². The van der Waals surface area contributed by atoms with Gasteiger partial charge in [0.1, 0.15) is 0 Å². The van der Waals surface area contributed by atoms with Crippen LogP contribution >= 0.6 is 0 Å². The molecule has 1 aliphatic rings. The Labute approximate surface area is 98.4 Å². The maximum atomic E-state index is 13.6. The minimum atomic E-state index is -0.897. The van der Waals surface area contributed by atoms with Gasteiger partial charge in [-0.05, 0) is 36.2 Å². The van der Waals surface area contributed by atoms with Gasteiger partial charge in [-0.25, -0.2) is 4.39 Å². The van der Waals surface area contributed by atoms with Crippen molar-refractivity contribution in [2.45, 2.75) is 18.9 Å². The molecule has 0 radical (unpaired) electrons. The molecule has 0 saturated carbocycles. The van der Waals surface area contributed by atoms with E-state index in [0.29, 0.717) is 6.54 Å². The van der Waals surface area contributed by atoms with Crippen LogP contribution in [0.4, 0.5) is 4.39 Å². The summed E-state index contributed by atoms with van der Waals surface area (Å²) in [6.07, 6.45) is 0.709. The SMILES string of the molecule is COc1cc2c(cc1F)C(CC(=O)O)NCC2. The van der Waals surface area contributed by atoms with Gasteiger partial charge in [-0.1, -0.05) is 0 Å². The molecular weight excluding hydrogens is 225 g/mol. The molecule has 92 valence electrons. The Morgan fingerprint density at radius 3 is 3.06 bits per heavy atom. The zero-order chi connectivity index (χ0) is 12.4. The number of nitrogens with one attached hydrogen (secondary N) is 1. The maximum Gasteiger partial charge on any atom is 0.305 e. The first-order valence-corrected chi connectivity index (χ1v) is 5.43. The molecule has 2 rings (SSSR count). The highest BCUT2D eigenvalue weighted by Crippen LogP contribution is 2.30. The second kappa shape index (κ2) is 4.71. The summed E-state index contributed by atoms with van der Waals surface area (Å²) in [6.45, 7) is 0.694. The van der Waals surface area contributed by atoms with E-state index in [9.17, 15) is 9.18 Å². The van der Waals surface area contributed by atoms with Gasteiger partial charge in [0.15, 0.2) is 11.6 Å². The number of aliphatic carboxylic acids is 1. The number of rotatable bonds is 3.